The summed E-state index contributed by atoms with van der Waals surface area (Å²) in [6.45, 7) is 4.29. The molecule has 3 aromatic rings. The van der Waals surface area contributed by atoms with Crippen molar-refractivity contribution in [2.75, 3.05) is 26.7 Å². The molecule has 2 aromatic carbocycles. The van der Waals surface area contributed by atoms with Gasteiger partial charge in [-0.15, -0.1) is 11.3 Å². The third-order valence-electron chi connectivity index (χ3n) is 6.69. The number of likely N-dealkylation sites (N-methyl/N-ethyl adjacent to an activating group) is 1. The molecule has 1 aromatic heterocycles. The van der Waals surface area contributed by atoms with Crippen LogP contribution in [0.25, 0.3) is 11.1 Å². The quantitative estimate of drug-likeness (QED) is 0.521. The number of aliphatic hydroxyl groups excluding tert-OH is 1. The summed E-state index contributed by atoms with van der Waals surface area (Å²) in [7, 11) is -2.11. The molecule has 0 saturated heterocycles. The van der Waals surface area contributed by atoms with Gasteiger partial charge >= 0.3 is 0 Å². The van der Waals surface area contributed by atoms with Gasteiger partial charge in [0.05, 0.1) is 25.4 Å². The summed E-state index contributed by atoms with van der Waals surface area (Å²) in [5.41, 5.74) is 3.18. The number of fused-ring (bicyclic) bond motifs is 3. The first kappa shape index (κ1) is 26.5. The third kappa shape index (κ3) is 5.40. The highest BCUT2D eigenvalue weighted by Gasteiger charge is 2.32. The van der Waals surface area contributed by atoms with E-state index in [0.29, 0.717) is 12.1 Å². The number of thiophene rings is 1. The Bertz CT molecular complexity index is 1290. The third-order valence-corrected chi connectivity index (χ3v) is 9.89. The molecule has 1 amide bonds. The van der Waals surface area contributed by atoms with Crippen molar-refractivity contribution in [1.29, 1.82) is 0 Å². The van der Waals surface area contributed by atoms with Gasteiger partial charge in [0, 0.05) is 31.6 Å². The van der Waals surface area contributed by atoms with E-state index < -0.39 is 22.2 Å². The van der Waals surface area contributed by atoms with Crippen LogP contribution in [0.2, 0.25) is 0 Å². The molecule has 9 heteroatoms. The van der Waals surface area contributed by atoms with Crippen molar-refractivity contribution in [3.63, 3.8) is 0 Å². The molecule has 0 radical (unpaired) electrons. The van der Waals surface area contributed by atoms with Gasteiger partial charge < -0.3 is 14.7 Å². The van der Waals surface area contributed by atoms with Crippen molar-refractivity contribution in [1.82, 2.24) is 9.21 Å². The van der Waals surface area contributed by atoms with Crippen molar-refractivity contribution in [2.24, 2.45) is 5.92 Å². The van der Waals surface area contributed by atoms with E-state index in [2.05, 4.69) is 0 Å². The maximum absolute atomic E-state index is 13.8. The van der Waals surface area contributed by atoms with Crippen LogP contribution in [0.5, 0.6) is 0 Å². The van der Waals surface area contributed by atoms with Gasteiger partial charge in [0.25, 0.3) is 15.9 Å². The summed E-state index contributed by atoms with van der Waals surface area (Å²) in [4.78, 5) is 15.5. The number of hydrogen-bond acceptors (Lipinski definition) is 6. The normalized spacial score (nSPS) is 19.9. The van der Waals surface area contributed by atoms with Gasteiger partial charge in [-0.3, -0.25) is 4.79 Å². The first-order chi connectivity index (χ1) is 17.2. The Labute approximate surface area is 217 Å². The van der Waals surface area contributed by atoms with Crippen LogP contribution in [-0.4, -0.2) is 67.5 Å². The Morgan fingerprint density at radius 3 is 2.42 bits per heavy atom. The Morgan fingerprint density at radius 2 is 1.75 bits per heavy atom. The number of carbonyl (C=O) groups is 1. The summed E-state index contributed by atoms with van der Waals surface area (Å²) < 4.78 is 34.2. The Balaban J connectivity index is 1.74. The maximum atomic E-state index is 13.8. The minimum absolute atomic E-state index is 0.131. The minimum Gasteiger partial charge on any atom is -0.394 e. The van der Waals surface area contributed by atoms with E-state index in [1.165, 1.54) is 15.6 Å². The molecule has 3 atom stereocenters. The van der Waals surface area contributed by atoms with E-state index in [9.17, 15) is 18.3 Å². The molecule has 0 spiro atoms. The topological polar surface area (TPSA) is 87.2 Å². The van der Waals surface area contributed by atoms with Crippen LogP contribution in [0, 0.1) is 5.92 Å². The number of ether oxygens (including phenoxy) is 1. The van der Waals surface area contributed by atoms with Gasteiger partial charge in [0.15, 0.2) is 0 Å². The van der Waals surface area contributed by atoms with E-state index in [0.717, 1.165) is 16.7 Å². The molecule has 0 unspecified atom stereocenters. The molecular weight excluding hydrogens is 496 g/mol. The van der Waals surface area contributed by atoms with Crippen LogP contribution in [0.3, 0.4) is 0 Å². The largest absolute Gasteiger partial charge is 0.394 e. The average molecular weight is 529 g/mol. The molecule has 36 heavy (non-hydrogen) atoms. The number of benzene rings is 2. The number of nitrogens with zero attached hydrogens (tertiary/aromatic N) is 2. The fraction of sp³-hybridized carbons (Fsp3) is 0.370. The number of rotatable bonds is 6. The number of hydrogen-bond donors (Lipinski definition) is 1. The van der Waals surface area contributed by atoms with Crippen molar-refractivity contribution in [3.8, 4) is 11.1 Å². The van der Waals surface area contributed by atoms with Crippen LogP contribution >= 0.6 is 11.3 Å². The summed E-state index contributed by atoms with van der Waals surface area (Å²) in [6, 6.07) is 18.2. The van der Waals surface area contributed by atoms with Crippen LogP contribution in [0.4, 0.5) is 0 Å². The van der Waals surface area contributed by atoms with Gasteiger partial charge in [-0.25, -0.2) is 8.42 Å². The number of aliphatic hydroxyl groups is 1. The summed E-state index contributed by atoms with van der Waals surface area (Å²) in [5, 5.41) is 11.7. The Hall–Kier alpha value is -2.56. The number of amides is 1. The molecular formula is C27H32N2O5S2. The first-order valence-corrected chi connectivity index (χ1v) is 14.3. The number of sulfonamides is 1. The monoisotopic (exact) mass is 528 g/mol. The second kappa shape index (κ2) is 11.2. The van der Waals surface area contributed by atoms with Crippen LogP contribution in [0.1, 0.15) is 29.8 Å². The predicted octanol–water partition coefficient (Wildman–Crippen LogP) is 4.09. The van der Waals surface area contributed by atoms with Crippen molar-refractivity contribution in [2.45, 2.75) is 36.8 Å². The predicted molar refractivity (Wildman–Crippen MR) is 141 cm³/mol. The van der Waals surface area contributed by atoms with Gasteiger partial charge in [-0.05, 0) is 41.1 Å². The fourth-order valence-electron chi connectivity index (χ4n) is 4.47. The second-order valence-corrected chi connectivity index (χ2v) is 12.5. The summed E-state index contributed by atoms with van der Waals surface area (Å²) in [6.07, 6.45) is -0.486. The lowest BCUT2D eigenvalue weighted by Gasteiger charge is -2.34. The summed E-state index contributed by atoms with van der Waals surface area (Å²) >= 11 is 1.18. The lowest BCUT2D eigenvalue weighted by Crippen LogP contribution is -2.47. The lowest BCUT2D eigenvalue weighted by molar-refractivity contribution is -0.0146. The van der Waals surface area contributed by atoms with Crippen LogP contribution in [0.15, 0.2) is 70.3 Å². The van der Waals surface area contributed by atoms with Crippen molar-refractivity contribution >= 4 is 27.3 Å². The zero-order valence-corrected chi connectivity index (χ0v) is 22.3. The van der Waals surface area contributed by atoms with E-state index in [1.807, 2.05) is 62.4 Å². The molecule has 1 aliphatic heterocycles. The zero-order valence-electron chi connectivity index (χ0n) is 20.7. The van der Waals surface area contributed by atoms with Gasteiger partial charge in [-0.1, -0.05) is 55.5 Å². The fourth-order valence-corrected chi connectivity index (χ4v) is 6.85. The smallest absolute Gasteiger partial charge is 0.254 e. The SMILES string of the molecule is C[C@@H]1CN([C@H](C)CO)C(=O)c2ccccc2-c2ccccc2CO[C@@H]1CN(C)S(=O)(=O)c1cccs1. The molecule has 1 N–H and O–H groups in total. The molecule has 0 fully saturated rings. The molecule has 4 rings (SSSR count). The van der Waals surface area contributed by atoms with E-state index in [1.54, 1.807) is 29.5 Å². The van der Waals surface area contributed by atoms with Crippen LogP contribution < -0.4 is 0 Å². The Morgan fingerprint density at radius 1 is 1.08 bits per heavy atom. The Kier molecular flexibility index (Phi) is 8.27. The highest BCUT2D eigenvalue weighted by molar-refractivity contribution is 7.91. The minimum atomic E-state index is -3.66. The summed E-state index contributed by atoms with van der Waals surface area (Å²) in [5.74, 6) is -0.379. The molecule has 192 valence electrons. The highest BCUT2D eigenvalue weighted by Crippen LogP contribution is 2.31. The van der Waals surface area contributed by atoms with E-state index in [4.69, 9.17) is 4.74 Å². The van der Waals surface area contributed by atoms with Crippen LogP contribution in [-0.2, 0) is 21.4 Å². The molecule has 0 aliphatic carbocycles. The van der Waals surface area contributed by atoms with Gasteiger partial charge in [-0.2, -0.15) is 4.31 Å². The van der Waals surface area contributed by atoms with Gasteiger partial charge in [0.2, 0.25) is 0 Å². The standard InChI is InChI=1S/C27H32N2O5S2/c1-19-15-29(20(2)17-30)27(31)24-12-7-6-11-23(24)22-10-5-4-9-21(22)18-34-25(19)16-28(3)36(32,33)26-13-8-14-35-26/h4-14,19-20,25,30H,15-18H2,1-3H3/t19-,20-,25-/m1/s1. The second-order valence-electron chi connectivity index (χ2n) is 9.24. The van der Waals surface area contributed by atoms with Gasteiger partial charge in [0.1, 0.15) is 4.21 Å². The van der Waals surface area contributed by atoms with E-state index in [-0.39, 0.29) is 35.8 Å². The number of carbonyl (C=O) groups excluding carboxylic acids is 1. The molecule has 0 bridgehead atoms. The highest BCUT2D eigenvalue weighted by atomic mass is 32.2. The first-order valence-electron chi connectivity index (χ1n) is 11.9. The average Bonchev–Trinajstić information content (AvgIpc) is 3.44. The lowest BCUT2D eigenvalue weighted by atomic mass is 9.94. The maximum Gasteiger partial charge on any atom is 0.254 e. The van der Waals surface area contributed by atoms with Crippen molar-refractivity contribution in [3.05, 3.63) is 77.2 Å². The molecule has 2 heterocycles. The van der Waals surface area contributed by atoms with E-state index >= 15 is 0 Å². The molecule has 0 saturated carbocycles. The molecule has 7 nitrogen and oxygen atoms in total. The zero-order chi connectivity index (χ0) is 25.9. The van der Waals surface area contributed by atoms with Crippen molar-refractivity contribution < 1.29 is 23.1 Å². The molecule has 1 aliphatic rings.